The number of carbonyl (C=O) groups excluding carboxylic acids is 1. The summed E-state index contributed by atoms with van der Waals surface area (Å²) >= 11 is 0. The second-order valence-corrected chi connectivity index (χ2v) is 9.07. The molecule has 1 nitrogen and oxygen atoms in total. The van der Waals surface area contributed by atoms with E-state index in [0.717, 1.165) is 12.0 Å². The van der Waals surface area contributed by atoms with E-state index in [1.165, 1.54) is 16.7 Å². The fourth-order valence-electron chi connectivity index (χ4n) is 5.88. The fraction of sp³-hybridized carbons (Fsp3) is 0.194. The molecule has 0 spiro atoms. The average molecular weight is 417 g/mol. The van der Waals surface area contributed by atoms with Gasteiger partial charge >= 0.3 is 0 Å². The van der Waals surface area contributed by atoms with Crippen LogP contribution < -0.4 is 0 Å². The number of carbonyl (C=O) groups is 1. The Hall–Kier alpha value is -3.45. The summed E-state index contributed by atoms with van der Waals surface area (Å²) in [5.41, 5.74) is 4.28. The predicted octanol–water partition coefficient (Wildman–Crippen LogP) is 7.41. The normalized spacial score (nSPS) is 24.8. The maximum atomic E-state index is 14.2. The van der Waals surface area contributed by atoms with Crippen LogP contribution in [-0.4, -0.2) is 5.78 Å². The van der Waals surface area contributed by atoms with Crippen molar-refractivity contribution in [2.45, 2.75) is 30.6 Å². The maximum absolute atomic E-state index is 14.2. The molecule has 0 heterocycles. The Labute approximate surface area is 190 Å². The number of hydrogen-bond donors (Lipinski definition) is 0. The van der Waals surface area contributed by atoms with Crippen molar-refractivity contribution in [2.24, 2.45) is 5.92 Å². The van der Waals surface area contributed by atoms with Gasteiger partial charge in [0.15, 0.2) is 5.78 Å². The lowest BCUT2D eigenvalue weighted by Gasteiger charge is -2.38. The van der Waals surface area contributed by atoms with E-state index in [-0.39, 0.29) is 29.0 Å². The standard InChI is InChI=1S/C31H28O/c1-31(26-20-12-5-13-21-26)28(24-16-8-3-9-17-24)22-27(23-14-6-2-7-15-23)29(31)30(32)25-18-10-4-11-19-25/h2-21,27-29H,22H2,1H3. The van der Waals surface area contributed by atoms with Gasteiger partial charge in [0.1, 0.15) is 0 Å². The maximum Gasteiger partial charge on any atom is 0.167 e. The number of benzene rings is 4. The summed E-state index contributed by atoms with van der Waals surface area (Å²) in [5.74, 6) is 0.484. The van der Waals surface area contributed by atoms with Crippen molar-refractivity contribution in [3.8, 4) is 0 Å². The third kappa shape index (κ3) is 3.48. The van der Waals surface area contributed by atoms with Crippen LogP contribution in [0.15, 0.2) is 121 Å². The summed E-state index contributed by atoms with van der Waals surface area (Å²) in [4.78, 5) is 14.2. The highest BCUT2D eigenvalue weighted by molar-refractivity contribution is 6.00. The average Bonchev–Trinajstić information content (AvgIpc) is 3.20. The molecule has 0 aliphatic heterocycles. The summed E-state index contributed by atoms with van der Waals surface area (Å²) in [5, 5.41) is 0. The Balaban J connectivity index is 1.73. The molecule has 0 amide bonds. The Morgan fingerprint density at radius 1 is 0.656 bits per heavy atom. The molecular formula is C31H28O. The molecule has 1 aliphatic carbocycles. The lowest BCUT2D eigenvalue weighted by atomic mass is 9.63. The Bertz CT molecular complexity index is 1170. The highest BCUT2D eigenvalue weighted by atomic mass is 16.1. The third-order valence-corrected chi connectivity index (χ3v) is 7.43. The Morgan fingerprint density at radius 3 is 1.69 bits per heavy atom. The van der Waals surface area contributed by atoms with E-state index in [2.05, 4.69) is 97.9 Å². The lowest BCUT2D eigenvalue weighted by molar-refractivity contribution is 0.0858. The van der Waals surface area contributed by atoms with E-state index in [1.54, 1.807) is 0 Å². The monoisotopic (exact) mass is 416 g/mol. The van der Waals surface area contributed by atoms with Crippen LogP contribution in [0.5, 0.6) is 0 Å². The number of ketones is 1. The molecule has 4 atom stereocenters. The summed E-state index contributed by atoms with van der Waals surface area (Å²) in [6.45, 7) is 2.31. The molecule has 1 fully saturated rings. The van der Waals surface area contributed by atoms with Gasteiger partial charge < -0.3 is 0 Å². The predicted molar refractivity (Wildman–Crippen MR) is 131 cm³/mol. The first-order valence-corrected chi connectivity index (χ1v) is 11.4. The van der Waals surface area contributed by atoms with Gasteiger partial charge in [-0.05, 0) is 34.9 Å². The zero-order valence-electron chi connectivity index (χ0n) is 18.4. The SMILES string of the molecule is CC1(c2ccccc2)C(c2ccccc2)CC(c2ccccc2)C1C(=O)c1ccccc1. The largest absolute Gasteiger partial charge is 0.294 e. The highest BCUT2D eigenvalue weighted by Crippen LogP contribution is 2.60. The van der Waals surface area contributed by atoms with E-state index in [1.807, 2.05) is 30.3 Å². The van der Waals surface area contributed by atoms with Gasteiger partial charge in [-0.1, -0.05) is 128 Å². The van der Waals surface area contributed by atoms with Crippen LogP contribution in [0.1, 0.15) is 52.2 Å². The van der Waals surface area contributed by atoms with Crippen LogP contribution in [0.2, 0.25) is 0 Å². The van der Waals surface area contributed by atoms with Crippen LogP contribution in [0.25, 0.3) is 0 Å². The molecule has 32 heavy (non-hydrogen) atoms. The second kappa shape index (κ2) is 8.59. The molecule has 158 valence electrons. The molecule has 0 N–H and O–H groups in total. The van der Waals surface area contributed by atoms with Gasteiger partial charge in [-0.15, -0.1) is 0 Å². The molecule has 1 saturated carbocycles. The van der Waals surface area contributed by atoms with Gasteiger partial charge in [0.2, 0.25) is 0 Å². The van der Waals surface area contributed by atoms with Gasteiger partial charge in [0.25, 0.3) is 0 Å². The lowest BCUT2D eigenvalue weighted by Crippen LogP contribution is -2.38. The number of Topliss-reactive ketones (excluding diaryl/α,β-unsaturated/α-hetero) is 1. The topological polar surface area (TPSA) is 17.1 Å². The molecule has 1 heteroatoms. The molecule has 4 aromatic carbocycles. The van der Waals surface area contributed by atoms with Crippen molar-refractivity contribution in [1.82, 2.24) is 0 Å². The van der Waals surface area contributed by atoms with Crippen LogP contribution in [0.3, 0.4) is 0 Å². The summed E-state index contributed by atoms with van der Waals surface area (Å²) in [7, 11) is 0. The van der Waals surface area contributed by atoms with Crippen molar-refractivity contribution in [1.29, 1.82) is 0 Å². The molecule has 0 radical (unpaired) electrons. The number of hydrogen-bond acceptors (Lipinski definition) is 1. The molecule has 0 saturated heterocycles. The van der Waals surface area contributed by atoms with E-state index in [0.29, 0.717) is 0 Å². The zero-order chi connectivity index (χ0) is 22.0. The second-order valence-electron chi connectivity index (χ2n) is 9.07. The molecule has 1 aliphatic rings. The van der Waals surface area contributed by atoms with Crippen LogP contribution in [-0.2, 0) is 5.41 Å². The summed E-state index contributed by atoms with van der Waals surface area (Å²) in [6, 6.07) is 41.9. The minimum Gasteiger partial charge on any atom is -0.294 e. The van der Waals surface area contributed by atoms with E-state index in [9.17, 15) is 4.79 Å². The van der Waals surface area contributed by atoms with Gasteiger partial charge in [-0.2, -0.15) is 0 Å². The van der Waals surface area contributed by atoms with Crippen molar-refractivity contribution in [2.75, 3.05) is 0 Å². The zero-order valence-corrected chi connectivity index (χ0v) is 18.4. The van der Waals surface area contributed by atoms with E-state index in [4.69, 9.17) is 0 Å². The Kier molecular flexibility index (Phi) is 5.49. The van der Waals surface area contributed by atoms with Gasteiger partial charge in [0, 0.05) is 16.9 Å². The van der Waals surface area contributed by atoms with Crippen molar-refractivity contribution in [3.63, 3.8) is 0 Å². The van der Waals surface area contributed by atoms with Crippen molar-refractivity contribution >= 4 is 5.78 Å². The molecular weight excluding hydrogens is 388 g/mol. The van der Waals surface area contributed by atoms with Crippen LogP contribution >= 0.6 is 0 Å². The quantitative estimate of drug-likeness (QED) is 0.309. The molecule has 0 aromatic heterocycles. The third-order valence-electron chi connectivity index (χ3n) is 7.43. The molecule has 0 bridgehead atoms. The van der Waals surface area contributed by atoms with E-state index >= 15 is 0 Å². The first kappa shape index (κ1) is 20.5. The highest BCUT2D eigenvalue weighted by Gasteiger charge is 2.56. The minimum atomic E-state index is -0.323. The van der Waals surface area contributed by atoms with Crippen LogP contribution in [0, 0.1) is 5.92 Å². The molecule has 5 rings (SSSR count). The number of rotatable bonds is 5. The van der Waals surface area contributed by atoms with Crippen LogP contribution in [0.4, 0.5) is 0 Å². The van der Waals surface area contributed by atoms with Gasteiger partial charge in [0.05, 0.1) is 0 Å². The smallest absolute Gasteiger partial charge is 0.167 e. The first-order chi connectivity index (χ1) is 15.7. The molecule has 4 aromatic rings. The first-order valence-electron chi connectivity index (χ1n) is 11.4. The van der Waals surface area contributed by atoms with Crippen molar-refractivity contribution in [3.05, 3.63) is 144 Å². The summed E-state index contributed by atoms with van der Waals surface area (Å²) in [6.07, 6.45) is 0.947. The van der Waals surface area contributed by atoms with E-state index < -0.39 is 0 Å². The minimum absolute atomic E-state index is 0.152. The van der Waals surface area contributed by atoms with Gasteiger partial charge in [-0.3, -0.25) is 4.79 Å². The van der Waals surface area contributed by atoms with Crippen molar-refractivity contribution < 1.29 is 4.79 Å². The van der Waals surface area contributed by atoms with Gasteiger partial charge in [-0.25, -0.2) is 0 Å². The fourth-order valence-corrected chi connectivity index (χ4v) is 5.88. The summed E-state index contributed by atoms with van der Waals surface area (Å²) < 4.78 is 0. The Morgan fingerprint density at radius 2 is 1.12 bits per heavy atom. The molecule has 4 unspecified atom stereocenters.